The minimum Gasteiger partial charge on any atom is -0.481 e. The lowest BCUT2D eigenvalue weighted by molar-refractivity contribution is -0.144. The lowest BCUT2D eigenvalue weighted by Crippen LogP contribution is -2.43. The fourth-order valence-corrected chi connectivity index (χ4v) is 3.04. The molecule has 200 valence electrons. The van der Waals surface area contributed by atoms with Crippen molar-refractivity contribution in [2.24, 2.45) is 0 Å². The molecule has 0 bridgehead atoms. The van der Waals surface area contributed by atoms with Gasteiger partial charge in [0, 0.05) is 6.42 Å². The molecule has 1 atom stereocenters. The van der Waals surface area contributed by atoms with Crippen molar-refractivity contribution in [3.63, 3.8) is 0 Å². The molecule has 0 heterocycles. The van der Waals surface area contributed by atoms with E-state index < -0.39 is 78.3 Å². The van der Waals surface area contributed by atoms with Crippen LogP contribution in [0.4, 0.5) is 31.1 Å². The largest absolute Gasteiger partial charge is 0.481 e. The fourth-order valence-electron chi connectivity index (χ4n) is 3.04. The Bertz CT molecular complexity index is 1100. The molecule has 2 aromatic carbocycles. The second-order valence-electron chi connectivity index (χ2n) is 7.46. The maximum atomic E-state index is 13.3. The molecule has 0 radical (unpaired) electrons. The molecule has 8 nitrogen and oxygen atoms in total. The van der Waals surface area contributed by atoms with Crippen LogP contribution < -0.4 is 5.32 Å². The van der Waals surface area contributed by atoms with Crippen molar-refractivity contribution in [2.45, 2.75) is 37.8 Å². The summed E-state index contributed by atoms with van der Waals surface area (Å²) in [5.74, 6) is -4.65. The summed E-state index contributed by atoms with van der Waals surface area (Å²) in [4.78, 5) is 47.7. The Labute approximate surface area is 205 Å². The number of aliphatic carboxylic acids is 1. The number of nitrogens with one attached hydrogen (secondary N) is 1. The van der Waals surface area contributed by atoms with Gasteiger partial charge in [0.25, 0.3) is 0 Å². The topological polar surface area (TPSA) is 119 Å². The zero-order valence-electron chi connectivity index (χ0n) is 18.7. The predicted octanol–water partition coefficient (Wildman–Crippen LogP) is 4.61. The average molecular weight is 535 g/mol. The Balaban J connectivity index is 2.15. The number of alkyl halides is 6. The summed E-state index contributed by atoms with van der Waals surface area (Å²) in [5.41, 5.74) is -5.12. The van der Waals surface area contributed by atoms with Crippen LogP contribution in [0.15, 0.2) is 48.5 Å². The van der Waals surface area contributed by atoms with E-state index in [4.69, 9.17) is 9.84 Å². The number of benzene rings is 2. The third-order valence-electron chi connectivity index (χ3n) is 4.77. The molecule has 2 N–H and O–H groups in total. The minimum atomic E-state index is -5.35. The van der Waals surface area contributed by atoms with Crippen molar-refractivity contribution in [2.75, 3.05) is 6.61 Å². The molecule has 0 unspecified atom stereocenters. The first-order valence-corrected chi connectivity index (χ1v) is 10.4. The molecule has 0 saturated carbocycles. The summed E-state index contributed by atoms with van der Waals surface area (Å²) in [7, 11) is 0. The van der Waals surface area contributed by atoms with Gasteiger partial charge in [0.2, 0.25) is 0 Å². The summed E-state index contributed by atoms with van der Waals surface area (Å²) < 4.78 is 88.9. The lowest BCUT2D eigenvalue weighted by atomic mass is 10.00. The van der Waals surface area contributed by atoms with E-state index in [1.54, 1.807) is 30.3 Å². The molecule has 1 amide bonds. The molecule has 0 aromatic heterocycles. The molecule has 14 heteroatoms. The van der Waals surface area contributed by atoms with E-state index >= 15 is 0 Å². The Morgan fingerprint density at radius 2 is 1.41 bits per heavy atom. The Kier molecular flexibility index (Phi) is 9.63. The van der Waals surface area contributed by atoms with Crippen molar-refractivity contribution < 1.29 is 60.1 Å². The molecular formula is C23H19F6NO7. The number of ether oxygens (including phenoxy) is 2. The van der Waals surface area contributed by atoms with Crippen molar-refractivity contribution in [1.82, 2.24) is 5.32 Å². The van der Waals surface area contributed by atoms with Gasteiger partial charge in [0.15, 0.2) is 12.4 Å². The van der Waals surface area contributed by atoms with Gasteiger partial charge in [-0.3, -0.25) is 9.59 Å². The van der Waals surface area contributed by atoms with E-state index in [0.717, 1.165) is 0 Å². The second-order valence-corrected chi connectivity index (χ2v) is 7.46. The van der Waals surface area contributed by atoms with Gasteiger partial charge in [-0.15, -0.1) is 0 Å². The first-order chi connectivity index (χ1) is 17.2. The zero-order chi connectivity index (χ0) is 27.8. The maximum absolute atomic E-state index is 13.3. The van der Waals surface area contributed by atoms with Gasteiger partial charge < -0.3 is 19.9 Å². The van der Waals surface area contributed by atoms with Crippen LogP contribution in [0.5, 0.6) is 0 Å². The van der Waals surface area contributed by atoms with Crippen molar-refractivity contribution in [1.29, 1.82) is 0 Å². The number of carbonyl (C=O) groups is 4. The Hall–Kier alpha value is -4.10. The number of amides is 1. The van der Waals surface area contributed by atoms with E-state index in [-0.39, 0.29) is 18.7 Å². The SMILES string of the molecule is O=C(O)CC[C@H](NC(=O)OCc1ccccc1)C(=O)COC(=O)c1c(C(F)(F)F)cccc1C(F)(F)F. The maximum Gasteiger partial charge on any atom is 0.417 e. The lowest BCUT2D eigenvalue weighted by Gasteiger charge is -2.19. The van der Waals surface area contributed by atoms with Crippen LogP contribution in [0, 0.1) is 0 Å². The number of carboxylic acids is 1. The van der Waals surface area contributed by atoms with Crippen LogP contribution in [0.1, 0.15) is 39.9 Å². The van der Waals surface area contributed by atoms with Gasteiger partial charge in [-0.2, -0.15) is 26.3 Å². The normalized spacial score (nSPS) is 12.4. The number of carboxylic acid groups (broad SMARTS) is 1. The number of esters is 1. The fraction of sp³-hybridized carbons (Fsp3) is 0.304. The van der Waals surface area contributed by atoms with E-state index in [9.17, 15) is 45.5 Å². The van der Waals surface area contributed by atoms with Gasteiger partial charge >= 0.3 is 30.4 Å². The van der Waals surface area contributed by atoms with Crippen LogP contribution in [-0.2, 0) is 38.0 Å². The van der Waals surface area contributed by atoms with Crippen LogP contribution in [0.2, 0.25) is 0 Å². The summed E-state index contributed by atoms with van der Waals surface area (Å²) in [6, 6.07) is 7.57. The average Bonchev–Trinajstić information content (AvgIpc) is 2.82. The Morgan fingerprint density at radius 3 is 1.92 bits per heavy atom. The molecule has 2 rings (SSSR count). The second kappa shape index (κ2) is 12.2. The third kappa shape index (κ3) is 8.81. The van der Waals surface area contributed by atoms with Gasteiger partial charge in [0.1, 0.15) is 6.61 Å². The zero-order valence-corrected chi connectivity index (χ0v) is 18.7. The van der Waals surface area contributed by atoms with Gasteiger partial charge in [-0.25, -0.2) is 9.59 Å². The third-order valence-corrected chi connectivity index (χ3v) is 4.77. The van der Waals surface area contributed by atoms with E-state index in [1.165, 1.54) is 0 Å². The highest BCUT2D eigenvalue weighted by Crippen LogP contribution is 2.39. The molecule has 2 aromatic rings. The van der Waals surface area contributed by atoms with Crippen LogP contribution in [0.25, 0.3) is 0 Å². The van der Waals surface area contributed by atoms with Crippen LogP contribution in [-0.4, -0.2) is 41.6 Å². The molecular weight excluding hydrogens is 516 g/mol. The number of hydrogen-bond acceptors (Lipinski definition) is 6. The highest BCUT2D eigenvalue weighted by atomic mass is 19.4. The van der Waals surface area contributed by atoms with Crippen molar-refractivity contribution in [3.8, 4) is 0 Å². The van der Waals surface area contributed by atoms with E-state index in [0.29, 0.717) is 11.6 Å². The molecule has 0 aliphatic rings. The highest BCUT2D eigenvalue weighted by molar-refractivity contribution is 5.96. The number of hydrogen-bond donors (Lipinski definition) is 2. The van der Waals surface area contributed by atoms with Crippen molar-refractivity contribution >= 4 is 23.8 Å². The summed E-state index contributed by atoms with van der Waals surface area (Å²) in [6.45, 7) is -1.58. The summed E-state index contributed by atoms with van der Waals surface area (Å²) in [6.07, 6.45) is -13.1. The molecule has 0 saturated heterocycles. The number of carbonyl (C=O) groups excluding carboxylic acids is 3. The minimum absolute atomic E-state index is 0.226. The first-order valence-electron chi connectivity index (χ1n) is 10.4. The quantitative estimate of drug-likeness (QED) is 0.337. The first kappa shape index (κ1) is 29.1. The number of alkyl carbamates (subject to hydrolysis) is 1. The Morgan fingerprint density at radius 1 is 0.838 bits per heavy atom. The van der Waals surface area contributed by atoms with Gasteiger partial charge in [0.05, 0.1) is 22.7 Å². The highest BCUT2D eigenvalue weighted by Gasteiger charge is 2.43. The molecule has 37 heavy (non-hydrogen) atoms. The van der Waals surface area contributed by atoms with Gasteiger partial charge in [-0.05, 0) is 24.1 Å². The number of halogens is 6. The molecule has 0 spiro atoms. The smallest absolute Gasteiger partial charge is 0.417 e. The summed E-state index contributed by atoms with van der Waals surface area (Å²) in [5, 5.41) is 10.9. The number of rotatable bonds is 10. The van der Waals surface area contributed by atoms with Crippen LogP contribution in [0.3, 0.4) is 0 Å². The van der Waals surface area contributed by atoms with E-state index in [2.05, 4.69) is 10.1 Å². The van der Waals surface area contributed by atoms with E-state index in [1.807, 2.05) is 0 Å². The van der Waals surface area contributed by atoms with Crippen LogP contribution >= 0.6 is 0 Å². The number of ketones is 1. The molecule has 0 aliphatic carbocycles. The standard InChI is InChI=1S/C23H19F6NO7/c24-22(25,26)14-7-4-8-15(23(27,28)29)19(14)20(34)36-12-17(31)16(9-10-18(32)33)30-21(35)37-11-13-5-2-1-3-6-13/h1-8,16H,9-12H2,(H,30,35)(H,32,33)/t16-/m0/s1. The monoisotopic (exact) mass is 535 g/mol. The number of Topliss-reactive ketones (excluding diaryl/α,β-unsaturated/α-hetero) is 1. The van der Waals surface area contributed by atoms with Gasteiger partial charge in [-0.1, -0.05) is 36.4 Å². The predicted molar refractivity (Wildman–Crippen MR) is 112 cm³/mol. The molecule has 0 aliphatic heterocycles. The van der Waals surface area contributed by atoms with Crippen molar-refractivity contribution in [3.05, 3.63) is 70.8 Å². The molecule has 0 fully saturated rings. The summed E-state index contributed by atoms with van der Waals surface area (Å²) >= 11 is 0.